The molecule has 3 N–H and O–H groups in total. The van der Waals surface area contributed by atoms with E-state index < -0.39 is 0 Å². The van der Waals surface area contributed by atoms with Gasteiger partial charge in [-0.2, -0.15) is 0 Å². The summed E-state index contributed by atoms with van der Waals surface area (Å²) in [6.45, 7) is 5.40. The van der Waals surface area contributed by atoms with Crippen molar-refractivity contribution in [2.75, 3.05) is 38.0 Å². The minimum Gasteiger partial charge on any atom is -0.370 e. The first-order chi connectivity index (χ1) is 12.6. The lowest BCUT2D eigenvalue weighted by Crippen LogP contribution is -2.48. The number of Topliss-reactive ketones (excluding diaryl/α,β-unsaturated/α-hetero) is 1. The Balaban J connectivity index is 1.35. The average molecular weight is 359 g/mol. The highest BCUT2D eigenvalue weighted by Gasteiger charge is 2.21. The Bertz CT molecular complexity index is 641. The minimum atomic E-state index is -0.119. The molecule has 1 saturated heterocycles. The molecular weight excluding hydrogens is 330 g/mol. The van der Waals surface area contributed by atoms with Gasteiger partial charge in [-0.3, -0.25) is 9.69 Å². The highest BCUT2D eigenvalue weighted by atomic mass is 16.2. The van der Waals surface area contributed by atoms with E-state index in [0.29, 0.717) is 13.1 Å². The SMILES string of the molecule is CC(=O)CN1CCC(NC(=O)NCCc2ccc3c(n2)NCCC3)CC1. The number of hydrogen-bond acceptors (Lipinski definition) is 5. The van der Waals surface area contributed by atoms with Gasteiger partial charge in [0.05, 0.1) is 6.54 Å². The molecule has 1 aromatic rings. The van der Waals surface area contributed by atoms with Gasteiger partial charge in [0.2, 0.25) is 0 Å². The van der Waals surface area contributed by atoms with Gasteiger partial charge in [-0.05, 0) is 44.2 Å². The van der Waals surface area contributed by atoms with Crippen LogP contribution >= 0.6 is 0 Å². The summed E-state index contributed by atoms with van der Waals surface area (Å²) in [4.78, 5) is 30.0. The number of piperidine rings is 1. The fraction of sp³-hybridized carbons (Fsp3) is 0.632. The van der Waals surface area contributed by atoms with Gasteiger partial charge in [0.15, 0.2) is 0 Å². The number of carbonyl (C=O) groups excluding carboxylic acids is 2. The van der Waals surface area contributed by atoms with Crippen LogP contribution in [-0.2, 0) is 17.6 Å². The van der Waals surface area contributed by atoms with Crippen LogP contribution in [0.2, 0.25) is 0 Å². The van der Waals surface area contributed by atoms with Gasteiger partial charge >= 0.3 is 6.03 Å². The Morgan fingerprint density at radius 2 is 2.12 bits per heavy atom. The van der Waals surface area contributed by atoms with E-state index in [-0.39, 0.29) is 17.9 Å². The molecule has 0 radical (unpaired) electrons. The first kappa shape index (κ1) is 18.6. The number of aryl methyl sites for hydroxylation is 1. The predicted octanol–water partition coefficient (Wildman–Crippen LogP) is 1.33. The number of rotatable bonds is 6. The number of urea groups is 1. The summed E-state index contributed by atoms with van der Waals surface area (Å²) < 4.78 is 0. The molecule has 26 heavy (non-hydrogen) atoms. The normalized spacial score (nSPS) is 17.9. The molecule has 3 heterocycles. The monoisotopic (exact) mass is 359 g/mol. The van der Waals surface area contributed by atoms with E-state index in [4.69, 9.17) is 0 Å². The lowest BCUT2D eigenvalue weighted by atomic mass is 10.1. The fourth-order valence-corrected chi connectivity index (χ4v) is 3.60. The summed E-state index contributed by atoms with van der Waals surface area (Å²) in [5.41, 5.74) is 2.28. The van der Waals surface area contributed by atoms with E-state index in [1.54, 1.807) is 6.92 Å². The number of pyridine rings is 1. The molecule has 1 fully saturated rings. The number of likely N-dealkylation sites (tertiary alicyclic amines) is 1. The maximum absolute atomic E-state index is 12.1. The second-order valence-electron chi connectivity index (χ2n) is 7.24. The summed E-state index contributed by atoms with van der Waals surface area (Å²) in [5.74, 6) is 1.19. The topological polar surface area (TPSA) is 86.4 Å². The summed E-state index contributed by atoms with van der Waals surface area (Å²) >= 11 is 0. The predicted molar refractivity (Wildman–Crippen MR) is 101 cm³/mol. The second kappa shape index (κ2) is 8.98. The lowest BCUT2D eigenvalue weighted by Gasteiger charge is -2.31. The van der Waals surface area contributed by atoms with E-state index in [9.17, 15) is 9.59 Å². The highest BCUT2D eigenvalue weighted by Crippen LogP contribution is 2.19. The molecule has 0 aliphatic carbocycles. The smallest absolute Gasteiger partial charge is 0.315 e. The standard InChI is InChI=1S/C19H29N5O2/c1-14(25)13-24-11-7-17(8-12-24)23-19(26)21-10-6-16-5-4-15-3-2-9-20-18(15)22-16/h4-5,17H,2-3,6-13H2,1H3,(H,20,22)(H2,21,23,26). The molecule has 2 aliphatic heterocycles. The summed E-state index contributed by atoms with van der Waals surface area (Å²) in [6, 6.07) is 4.25. The van der Waals surface area contributed by atoms with Crippen LogP contribution in [0, 0.1) is 0 Å². The number of anilines is 1. The molecular formula is C19H29N5O2. The first-order valence-electron chi connectivity index (χ1n) is 9.59. The highest BCUT2D eigenvalue weighted by molar-refractivity contribution is 5.77. The molecule has 0 aromatic carbocycles. The van der Waals surface area contributed by atoms with E-state index in [2.05, 4.69) is 38.0 Å². The summed E-state index contributed by atoms with van der Waals surface area (Å²) in [7, 11) is 0. The van der Waals surface area contributed by atoms with Crippen LogP contribution in [0.25, 0.3) is 0 Å². The number of hydrogen-bond donors (Lipinski definition) is 3. The zero-order valence-corrected chi connectivity index (χ0v) is 15.5. The molecule has 3 rings (SSSR count). The van der Waals surface area contributed by atoms with Crippen molar-refractivity contribution in [1.82, 2.24) is 20.5 Å². The molecule has 0 unspecified atom stereocenters. The number of amides is 2. The number of carbonyl (C=O) groups is 2. The number of ketones is 1. The van der Waals surface area contributed by atoms with Gasteiger partial charge < -0.3 is 16.0 Å². The molecule has 7 heteroatoms. The van der Waals surface area contributed by atoms with Crippen molar-refractivity contribution in [3.8, 4) is 0 Å². The Hall–Kier alpha value is -2.15. The van der Waals surface area contributed by atoms with E-state index >= 15 is 0 Å². The van der Waals surface area contributed by atoms with Crippen molar-refractivity contribution in [2.45, 2.75) is 45.1 Å². The molecule has 0 spiro atoms. The Kier molecular flexibility index (Phi) is 6.44. The first-order valence-corrected chi connectivity index (χ1v) is 9.59. The molecule has 0 saturated carbocycles. The molecule has 2 amide bonds. The van der Waals surface area contributed by atoms with Crippen molar-refractivity contribution < 1.29 is 9.59 Å². The van der Waals surface area contributed by atoms with Gasteiger partial charge in [0.1, 0.15) is 11.6 Å². The van der Waals surface area contributed by atoms with Crippen molar-refractivity contribution in [2.24, 2.45) is 0 Å². The van der Waals surface area contributed by atoms with Gasteiger partial charge in [-0.15, -0.1) is 0 Å². The third-order valence-corrected chi connectivity index (χ3v) is 4.99. The zero-order chi connectivity index (χ0) is 18.4. The third-order valence-electron chi connectivity index (χ3n) is 4.99. The van der Waals surface area contributed by atoms with Crippen molar-refractivity contribution in [1.29, 1.82) is 0 Å². The maximum atomic E-state index is 12.1. The number of fused-ring (bicyclic) bond motifs is 1. The van der Waals surface area contributed by atoms with Gasteiger partial charge in [0.25, 0.3) is 0 Å². The third kappa shape index (κ3) is 5.42. The largest absolute Gasteiger partial charge is 0.370 e. The zero-order valence-electron chi connectivity index (χ0n) is 15.5. The summed E-state index contributed by atoms with van der Waals surface area (Å²) in [5, 5.41) is 9.29. The van der Waals surface area contributed by atoms with E-state index in [1.165, 1.54) is 5.56 Å². The second-order valence-corrected chi connectivity index (χ2v) is 7.24. The average Bonchev–Trinajstić information content (AvgIpc) is 2.63. The fourth-order valence-electron chi connectivity index (χ4n) is 3.60. The maximum Gasteiger partial charge on any atom is 0.315 e. The van der Waals surface area contributed by atoms with Crippen LogP contribution in [0.5, 0.6) is 0 Å². The van der Waals surface area contributed by atoms with Crippen LogP contribution in [0.3, 0.4) is 0 Å². The quantitative estimate of drug-likeness (QED) is 0.713. The Morgan fingerprint density at radius 1 is 1.31 bits per heavy atom. The van der Waals surface area contributed by atoms with Crippen molar-refractivity contribution in [3.63, 3.8) is 0 Å². The molecule has 0 bridgehead atoms. The van der Waals surface area contributed by atoms with Crippen LogP contribution in [0.4, 0.5) is 10.6 Å². The van der Waals surface area contributed by atoms with Crippen LogP contribution in [0.15, 0.2) is 12.1 Å². The number of nitrogens with zero attached hydrogens (tertiary/aromatic N) is 2. The molecule has 1 aromatic heterocycles. The Morgan fingerprint density at radius 3 is 2.88 bits per heavy atom. The molecule has 0 atom stereocenters. The molecule has 142 valence electrons. The van der Waals surface area contributed by atoms with E-state index in [1.807, 2.05) is 0 Å². The number of aromatic nitrogens is 1. The van der Waals surface area contributed by atoms with Crippen LogP contribution in [0.1, 0.15) is 37.4 Å². The summed E-state index contributed by atoms with van der Waals surface area (Å²) in [6.07, 6.45) is 4.74. The minimum absolute atomic E-state index is 0.119. The lowest BCUT2D eigenvalue weighted by molar-refractivity contribution is -0.118. The van der Waals surface area contributed by atoms with Gasteiger partial charge in [-0.25, -0.2) is 9.78 Å². The molecule has 7 nitrogen and oxygen atoms in total. The van der Waals surface area contributed by atoms with E-state index in [0.717, 1.165) is 63.3 Å². The number of nitrogens with one attached hydrogen (secondary N) is 3. The van der Waals surface area contributed by atoms with Crippen molar-refractivity contribution in [3.05, 3.63) is 23.4 Å². The van der Waals surface area contributed by atoms with Crippen molar-refractivity contribution >= 4 is 17.6 Å². The molecule has 2 aliphatic rings. The van der Waals surface area contributed by atoms with Gasteiger partial charge in [-0.1, -0.05) is 6.07 Å². The van der Waals surface area contributed by atoms with Gasteiger partial charge in [0, 0.05) is 44.3 Å². The Labute approximate surface area is 154 Å². The van der Waals surface area contributed by atoms with Crippen LogP contribution in [-0.4, -0.2) is 60.5 Å². The van der Waals surface area contributed by atoms with Crippen LogP contribution < -0.4 is 16.0 Å².